The van der Waals surface area contributed by atoms with Crippen molar-refractivity contribution in [3.63, 3.8) is 0 Å². The highest BCUT2D eigenvalue weighted by atomic mass is 19.1. The number of allylic oxidation sites excluding steroid dienone is 6. The van der Waals surface area contributed by atoms with E-state index >= 15 is 9.18 Å². The zero-order valence-corrected chi connectivity index (χ0v) is 45.3. The normalized spacial score (nSPS) is 18.4. The number of likely N-dealkylation sites (tertiary alicyclic amines) is 1. The van der Waals surface area contributed by atoms with E-state index in [0.717, 1.165) is 18.9 Å². The summed E-state index contributed by atoms with van der Waals surface area (Å²) in [6.07, 6.45) is 9.48. The fraction of sp³-hybridized carbons (Fsp3) is 0.474. The highest BCUT2D eigenvalue weighted by Crippen LogP contribution is 2.47. The van der Waals surface area contributed by atoms with Crippen LogP contribution in [0.25, 0.3) is 10.9 Å². The van der Waals surface area contributed by atoms with E-state index in [-0.39, 0.29) is 114 Å². The molecular formula is C57H68FN5O15. The van der Waals surface area contributed by atoms with Crippen LogP contribution in [0.5, 0.6) is 17.2 Å². The minimum atomic E-state index is -1.52. The first-order chi connectivity index (χ1) is 37.0. The number of aromatic hydroxyl groups is 1. The number of aromatic nitrogens is 1. The number of rotatable bonds is 22. The number of ketones is 3. The Morgan fingerprint density at radius 2 is 1.69 bits per heavy atom. The number of esters is 1. The number of aliphatic hydroxyl groups excluding tert-OH is 1. The molecule has 2 aromatic carbocycles. The number of nitrogens with zero attached hydrogens (tertiary/aromatic N) is 3. The van der Waals surface area contributed by atoms with E-state index in [1.54, 1.807) is 48.1 Å². The van der Waals surface area contributed by atoms with Crippen molar-refractivity contribution in [2.24, 2.45) is 11.8 Å². The quantitative estimate of drug-likeness (QED) is 0.0302. The molecule has 1 saturated carbocycles. The van der Waals surface area contributed by atoms with Gasteiger partial charge >= 0.3 is 18.2 Å². The van der Waals surface area contributed by atoms with Gasteiger partial charge in [-0.05, 0) is 92.1 Å². The summed E-state index contributed by atoms with van der Waals surface area (Å²) >= 11 is 0. The lowest BCUT2D eigenvalue weighted by Gasteiger charge is -2.37. The Hall–Kier alpha value is -7.81. The van der Waals surface area contributed by atoms with Gasteiger partial charge in [-0.15, -0.1) is 0 Å². The summed E-state index contributed by atoms with van der Waals surface area (Å²) in [5, 5.41) is 37.3. The van der Waals surface area contributed by atoms with Gasteiger partial charge in [0, 0.05) is 74.9 Å². The molecule has 5 N–H and O–H groups in total. The largest absolute Gasteiger partial charge is 0.507 e. The first-order valence-electron chi connectivity index (χ1n) is 26.2. The van der Waals surface area contributed by atoms with Crippen LogP contribution in [0.2, 0.25) is 0 Å². The summed E-state index contributed by atoms with van der Waals surface area (Å²) < 4.78 is 40.1. The number of methoxy groups -OCH3 is 1. The third-order valence-electron chi connectivity index (χ3n) is 14.5. The second-order valence-corrected chi connectivity index (χ2v) is 20.4. The number of aromatic carboxylic acids is 1. The number of halogens is 1. The maximum Gasteiger partial charge on any atom is 0.341 e. The lowest BCUT2D eigenvalue weighted by Crippen LogP contribution is -2.48. The van der Waals surface area contributed by atoms with E-state index in [2.05, 4.69) is 10.6 Å². The van der Waals surface area contributed by atoms with Crippen LogP contribution in [-0.4, -0.2) is 124 Å². The molecule has 1 saturated heterocycles. The van der Waals surface area contributed by atoms with E-state index in [4.69, 9.17) is 18.9 Å². The summed E-state index contributed by atoms with van der Waals surface area (Å²) in [6.45, 7) is 13.5. The highest BCUT2D eigenvalue weighted by molar-refractivity contribution is 6.32. The van der Waals surface area contributed by atoms with Crippen LogP contribution in [0, 0.1) is 24.6 Å². The van der Waals surface area contributed by atoms with Crippen molar-refractivity contribution in [2.45, 2.75) is 131 Å². The standard InChI is InChI=1S/C57H68FN5O15/c1-10-23-76-57-51(70)42-40-41(47(66)32(7)52(42)78-57)49(68)43(60-54(71)29(4)14-12-13-28(3)15-18-36(65)24-31(6)77-33(8)64)46(50(40)69)62-21-19-34(20-22-62)55(72)59-30(5)26-61(11-2)45-39(58)25-37-44(53(45)75-9)63(35-16-17-35)27-38(48(37)67)56(73)74/h10,12-14,23,25,27-28,30-31,34-36,57,65-66H,11,15-22,24,26H2,1-9H3,(H,59,72)(H,60,71)(H,73,74)/b13-12+,23-10+,29-14-. The summed E-state index contributed by atoms with van der Waals surface area (Å²) in [4.78, 5) is 112. The van der Waals surface area contributed by atoms with Gasteiger partial charge in [0.05, 0.1) is 47.1 Å². The molecule has 4 aliphatic rings. The maximum absolute atomic E-state index is 16.2. The number of carbonyl (C=O) groups is 7. The Balaban J connectivity index is 1.11. The van der Waals surface area contributed by atoms with Gasteiger partial charge in [-0.25, -0.2) is 9.18 Å². The number of benzene rings is 2. The number of ether oxygens (including phenoxy) is 4. The van der Waals surface area contributed by atoms with E-state index in [1.807, 2.05) is 13.0 Å². The summed E-state index contributed by atoms with van der Waals surface area (Å²) in [5.41, 5.74) is -2.71. The van der Waals surface area contributed by atoms with Crippen LogP contribution in [0.4, 0.5) is 10.1 Å². The third kappa shape index (κ3) is 12.0. The second-order valence-electron chi connectivity index (χ2n) is 20.4. The molecule has 0 spiro atoms. The van der Waals surface area contributed by atoms with Gasteiger partial charge in [0.2, 0.25) is 28.7 Å². The molecule has 2 amide bonds. The summed E-state index contributed by atoms with van der Waals surface area (Å²) in [5.74, 6) is -7.63. The predicted molar refractivity (Wildman–Crippen MR) is 284 cm³/mol. The van der Waals surface area contributed by atoms with E-state index in [0.29, 0.717) is 12.8 Å². The number of nitrogens with one attached hydrogen (secondary N) is 2. The Labute approximate surface area is 450 Å². The Morgan fingerprint density at radius 1 is 1.00 bits per heavy atom. The van der Waals surface area contributed by atoms with Gasteiger partial charge in [0.1, 0.15) is 40.2 Å². The lowest BCUT2D eigenvalue weighted by molar-refractivity contribution is -0.146. The summed E-state index contributed by atoms with van der Waals surface area (Å²) in [6, 6.07) is 0.346. The van der Waals surface area contributed by atoms with Crippen molar-refractivity contribution in [2.75, 3.05) is 38.2 Å². The van der Waals surface area contributed by atoms with E-state index < -0.39 is 105 Å². The number of carboxylic acids is 1. The molecule has 0 radical (unpaired) electrons. The molecule has 1 aromatic heterocycles. The lowest BCUT2D eigenvalue weighted by atomic mass is 9.82. The van der Waals surface area contributed by atoms with Crippen molar-refractivity contribution < 1.29 is 72.2 Å². The summed E-state index contributed by atoms with van der Waals surface area (Å²) in [7, 11) is 1.34. The Bertz CT molecular complexity index is 3130. The first kappa shape index (κ1) is 57.9. The number of Topliss-reactive ketones (excluding diaryl/α,β-unsaturated/α-hetero) is 3. The monoisotopic (exact) mass is 1080 g/mol. The molecule has 3 heterocycles. The van der Waals surface area contributed by atoms with Crippen LogP contribution in [0.15, 0.2) is 64.6 Å². The molecule has 2 aliphatic heterocycles. The molecule has 78 heavy (non-hydrogen) atoms. The van der Waals surface area contributed by atoms with E-state index in [9.17, 15) is 48.9 Å². The number of anilines is 1. The molecule has 5 unspecified atom stereocenters. The van der Waals surface area contributed by atoms with E-state index in [1.165, 1.54) is 52.5 Å². The fourth-order valence-corrected chi connectivity index (χ4v) is 10.3. The minimum absolute atomic E-state index is 0.000922. The zero-order valence-electron chi connectivity index (χ0n) is 45.3. The second kappa shape index (κ2) is 24.2. The number of piperidine rings is 1. The number of fused-ring (bicyclic) bond motifs is 4. The molecule has 7 rings (SSSR count). The number of carboxylic acid groups (broad SMARTS) is 1. The van der Waals surface area contributed by atoms with Crippen molar-refractivity contribution in [3.8, 4) is 17.2 Å². The number of carbonyl (C=O) groups excluding carboxylic acids is 6. The number of hydrogen-bond donors (Lipinski definition) is 5. The molecule has 418 valence electrons. The topological polar surface area (TPSA) is 270 Å². The van der Waals surface area contributed by atoms with Crippen LogP contribution in [0.3, 0.4) is 0 Å². The SMILES string of the molecule is C/C=C/OC1Oc2c(C)c(O)c3c(c2C1=O)C(=O)C(N1CCC(C(=O)NC(C)CN(CC)c2c(F)cc4c(=O)c(C(=O)O)cn(C5CC5)c4c2OC)CC1)=C(NC(=O)/C(C)=C\C=C\C(C)CCC(O)CC(C)OC(C)=O)C3=O. The molecule has 3 aromatic rings. The molecule has 21 heteroatoms. The van der Waals surface area contributed by atoms with Gasteiger partial charge in [0.15, 0.2) is 11.6 Å². The van der Waals surface area contributed by atoms with Gasteiger partial charge in [-0.1, -0.05) is 31.2 Å². The number of phenolic OH excluding ortho intramolecular Hbond substituents is 1. The fourth-order valence-electron chi connectivity index (χ4n) is 10.3. The van der Waals surface area contributed by atoms with Crippen molar-refractivity contribution >= 4 is 57.7 Å². The number of aliphatic hydroxyl groups is 1. The average molecular weight is 1080 g/mol. The number of hydrogen-bond acceptors (Lipinski definition) is 16. The third-order valence-corrected chi connectivity index (χ3v) is 14.5. The molecule has 0 bridgehead atoms. The van der Waals surface area contributed by atoms with Crippen LogP contribution < -0.4 is 30.4 Å². The van der Waals surface area contributed by atoms with Gasteiger partial charge in [0.25, 0.3) is 5.91 Å². The predicted octanol–water partition coefficient (Wildman–Crippen LogP) is 6.72. The van der Waals surface area contributed by atoms with Crippen LogP contribution >= 0.6 is 0 Å². The average Bonchev–Trinajstić information content (AvgIpc) is 4.32. The van der Waals surface area contributed by atoms with Gasteiger partial charge in [-0.2, -0.15) is 0 Å². The molecule has 2 fully saturated rings. The van der Waals surface area contributed by atoms with Crippen molar-refractivity contribution in [3.05, 3.63) is 104 Å². The Morgan fingerprint density at radius 3 is 2.31 bits per heavy atom. The minimum Gasteiger partial charge on any atom is -0.507 e. The number of phenols is 1. The maximum atomic E-state index is 16.2. The first-order valence-corrected chi connectivity index (χ1v) is 26.2. The van der Waals surface area contributed by atoms with Gasteiger partial charge in [-0.3, -0.25) is 33.6 Å². The smallest absolute Gasteiger partial charge is 0.341 e. The molecule has 20 nitrogen and oxygen atoms in total. The number of amides is 2. The van der Waals surface area contributed by atoms with Crippen LogP contribution in [0.1, 0.15) is 146 Å². The number of likely N-dealkylation sites (N-methyl/N-ethyl adjacent to an activating group) is 1. The molecule has 2 aliphatic carbocycles. The van der Waals surface area contributed by atoms with Crippen molar-refractivity contribution in [1.29, 1.82) is 0 Å². The van der Waals surface area contributed by atoms with Crippen molar-refractivity contribution in [1.82, 2.24) is 20.1 Å². The highest BCUT2D eigenvalue weighted by Gasteiger charge is 2.48. The Kier molecular flexibility index (Phi) is 18.0. The molecule has 5 atom stereocenters. The molecular weight excluding hydrogens is 1010 g/mol. The van der Waals surface area contributed by atoms with Gasteiger partial charge < -0.3 is 59.3 Å². The zero-order chi connectivity index (χ0) is 57.0. The number of pyridine rings is 1. The van der Waals surface area contributed by atoms with Crippen LogP contribution in [-0.2, 0) is 23.9 Å².